The van der Waals surface area contributed by atoms with Crippen molar-refractivity contribution in [2.75, 3.05) is 24.5 Å². The maximum atomic E-state index is 4.90. The first-order valence-corrected chi connectivity index (χ1v) is 8.50. The minimum absolute atomic E-state index is 0.193. The lowest BCUT2D eigenvalue weighted by Gasteiger charge is -2.41. The third-order valence-corrected chi connectivity index (χ3v) is 4.74. The Morgan fingerprint density at radius 2 is 2.14 bits per heavy atom. The SMILES string of the molecule is CCCc1c(N2CCNC(C)(C)C2)cc(C2CC2)nc1C. The summed E-state index contributed by atoms with van der Waals surface area (Å²) < 4.78 is 0. The number of nitrogens with one attached hydrogen (secondary N) is 1. The molecule has 0 radical (unpaired) electrons. The van der Waals surface area contributed by atoms with Gasteiger partial charge in [-0.25, -0.2) is 0 Å². The zero-order chi connectivity index (χ0) is 15.0. The van der Waals surface area contributed by atoms with E-state index in [1.54, 1.807) is 0 Å². The van der Waals surface area contributed by atoms with Gasteiger partial charge in [0.2, 0.25) is 0 Å². The summed E-state index contributed by atoms with van der Waals surface area (Å²) in [5, 5.41) is 3.62. The van der Waals surface area contributed by atoms with E-state index in [1.165, 1.54) is 41.9 Å². The molecule has 0 unspecified atom stereocenters. The van der Waals surface area contributed by atoms with Gasteiger partial charge < -0.3 is 10.2 Å². The highest BCUT2D eigenvalue weighted by Crippen LogP contribution is 2.41. The van der Waals surface area contributed by atoms with Crippen LogP contribution in [-0.2, 0) is 6.42 Å². The standard InChI is InChI=1S/C18H29N3/c1-5-6-15-13(2)20-16(14-7-8-14)11-17(15)21-10-9-19-18(3,4)12-21/h11,14,19H,5-10,12H2,1-4H3. The van der Waals surface area contributed by atoms with Gasteiger partial charge in [0, 0.05) is 48.2 Å². The number of hydrogen-bond acceptors (Lipinski definition) is 3. The predicted molar refractivity (Wildman–Crippen MR) is 89.2 cm³/mol. The van der Waals surface area contributed by atoms with Crippen molar-refractivity contribution in [3.8, 4) is 0 Å². The Labute approximate surface area is 129 Å². The monoisotopic (exact) mass is 287 g/mol. The summed E-state index contributed by atoms with van der Waals surface area (Å²) in [4.78, 5) is 7.49. The van der Waals surface area contributed by atoms with Crippen LogP contribution in [0.3, 0.4) is 0 Å². The number of pyridine rings is 1. The van der Waals surface area contributed by atoms with Crippen molar-refractivity contribution in [2.45, 2.75) is 64.8 Å². The second-order valence-corrected chi connectivity index (χ2v) is 7.39. The van der Waals surface area contributed by atoms with Crippen LogP contribution in [0.15, 0.2) is 6.07 Å². The molecule has 1 aromatic heterocycles. The van der Waals surface area contributed by atoms with Crippen molar-refractivity contribution in [3.05, 3.63) is 23.0 Å². The molecule has 3 rings (SSSR count). The minimum Gasteiger partial charge on any atom is -0.368 e. The predicted octanol–water partition coefficient (Wildman–Crippen LogP) is 3.41. The fraction of sp³-hybridized carbons (Fsp3) is 0.722. The van der Waals surface area contributed by atoms with Crippen LogP contribution in [0.2, 0.25) is 0 Å². The van der Waals surface area contributed by atoms with Crippen LogP contribution in [0, 0.1) is 6.92 Å². The number of hydrogen-bond donors (Lipinski definition) is 1. The smallest absolute Gasteiger partial charge is 0.0458 e. The molecule has 1 saturated heterocycles. The van der Waals surface area contributed by atoms with E-state index in [0.29, 0.717) is 0 Å². The summed E-state index contributed by atoms with van der Waals surface area (Å²) in [7, 11) is 0. The first-order chi connectivity index (χ1) is 10.00. The van der Waals surface area contributed by atoms with E-state index in [2.05, 4.69) is 44.0 Å². The molecule has 116 valence electrons. The van der Waals surface area contributed by atoms with Gasteiger partial charge in [0.25, 0.3) is 0 Å². The Kier molecular flexibility index (Phi) is 3.96. The van der Waals surface area contributed by atoms with Gasteiger partial charge >= 0.3 is 0 Å². The van der Waals surface area contributed by atoms with Crippen molar-refractivity contribution in [3.63, 3.8) is 0 Å². The zero-order valence-corrected chi connectivity index (χ0v) is 14.0. The second-order valence-electron chi connectivity index (χ2n) is 7.39. The Balaban J connectivity index is 1.97. The summed E-state index contributed by atoms with van der Waals surface area (Å²) >= 11 is 0. The van der Waals surface area contributed by atoms with Gasteiger partial charge in [-0.2, -0.15) is 0 Å². The Morgan fingerprint density at radius 1 is 1.38 bits per heavy atom. The highest BCUT2D eigenvalue weighted by molar-refractivity contribution is 5.57. The van der Waals surface area contributed by atoms with Crippen LogP contribution < -0.4 is 10.2 Å². The molecule has 3 heteroatoms. The fourth-order valence-corrected chi connectivity index (χ4v) is 3.48. The lowest BCUT2D eigenvalue weighted by molar-refractivity contribution is 0.352. The van der Waals surface area contributed by atoms with Gasteiger partial charge in [-0.3, -0.25) is 4.98 Å². The number of aryl methyl sites for hydroxylation is 1. The van der Waals surface area contributed by atoms with E-state index in [4.69, 9.17) is 4.98 Å². The van der Waals surface area contributed by atoms with Gasteiger partial charge in [-0.1, -0.05) is 13.3 Å². The average Bonchev–Trinajstić information content (AvgIpc) is 3.24. The topological polar surface area (TPSA) is 28.2 Å². The van der Waals surface area contributed by atoms with E-state index in [-0.39, 0.29) is 5.54 Å². The van der Waals surface area contributed by atoms with E-state index < -0.39 is 0 Å². The molecule has 1 aliphatic heterocycles. The van der Waals surface area contributed by atoms with E-state index >= 15 is 0 Å². The maximum Gasteiger partial charge on any atom is 0.0458 e. The second kappa shape index (κ2) is 5.60. The number of rotatable bonds is 4. The fourth-order valence-electron chi connectivity index (χ4n) is 3.48. The highest BCUT2D eigenvalue weighted by Gasteiger charge is 2.30. The van der Waals surface area contributed by atoms with E-state index in [1.807, 2.05) is 0 Å². The summed E-state index contributed by atoms with van der Waals surface area (Å²) in [5.74, 6) is 0.731. The van der Waals surface area contributed by atoms with Crippen LogP contribution >= 0.6 is 0 Å². The number of anilines is 1. The van der Waals surface area contributed by atoms with Crippen molar-refractivity contribution < 1.29 is 0 Å². The van der Waals surface area contributed by atoms with Gasteiger partial charge in [-0.05, 0) is 51.7 Å². The molecule has 0 aromatic carbocycles. The van der Waals surface area contributed by atoms with Gasteiger partial charge in [-0.15, -0.1) is 0 Å². The normalized spacial score (nSPS) is 21.6. The summed E-state index contributed by atoms with van der Waals surface area (Å²) in [5.41, 5.74) is 5.71. The third-order valence-electron chi connectivity index (χ3n) is 4.74. The molecule has 3 nitrogen and oxygen atoms in total. The first kappa shape index (κ1) is 14.8. The maximum absolute atomic E-state index is 4.90. The number of aromatic nitrogens is 1. The van der Waals surface area contributed by atoms with Crippen LogP contribution in [0.4, 0.5) is 5.69 Å². The molecule has 2 aliphatic rings. The first-order valence-electron chi connectivity index (χ1n) is 8.50. The van der Waals surface area contributed by atoms with Gasteiger partial charge in [0.15, 0.2) is 0 Å². The highest BCUT2D eigenvalue weighted by atomic mass is 15.2. The van der Waals surface area contributed by atoms with Crippen molar-refractivity contribution in [2.24, 2.45) is 0 Å². The average molecular weight is 287 g/mol. The van der Waals surface area contributed by atoms with E-state index in [9.17, 15) is 0 Å². The minimum atomic E-state index is 0.193. The van der Waals surface area contributed by atoms with Gasteiger partial charge in [0.1, 0.15) is 0 Å². The largest absolute Gasteiger partial charge is 0.368 e. The van der Waals surface area contributed by atoms with Crippen LogP contribution in [-0.4, -0.2) is 30.2 Å². The lowest BCUT2D eigenvalue weighted by Crippen LogP contribution is -2.57. The molecule has 1 saturated carbocycles. The molecule has 0 amide bonds. The van der Waals surface area contributed by atoms with Crippen LogP contribution in [0.1, 0.15) is 62.9 Å². The van der Waals surface area contributed by atoms with Crippen molar-refractivity contribution >= 4 is 5.69 Å². The molecule has 2 heterocycles. The molecule has 0 atom stereocenters. The quantitative estimate of drug-likeness (QED) is 0.920. The molecule has 0 bridgehead atoms. The molecular weight excluding hydrogens is 258 g/mol. The van der Waals surface area contributed by atoms with Gasteiger partial charge in [0.05, 0.1) is 0 Å². The van der Waals surface area contributed by atoms with Crippen LogP contribution in [0.5, 0.6) is 0 Å². The molecule has 1 N–H and O–H groups in total. The van der Waals surface area contributed by atoms with Crippen molar-refractivity contribution in [1.29, 1.82) is 0 Å². The Hall–Kier alpha value is -1.09. The molecular formula is C18H29N3. The molecule has 2 fully saturated rings. The lowest BCUT2D eigenvalue weighted by atomic mass is 9.98. The molecule has 21 heavy (non-hydrogen) atoms. The number of nitrogens with zero attached hydrogens (tertiary/aromatic N) is 2. The Bertz CT molecular complexity index is 517. The number of piperazine rings is 1. The zero-order valence-electron chi connectivity index (χ0n) is 14.0. The third kappa shape index (κ3) is 3.23. The Morgan fingerprint density at radius 3 is 2.76 bits per heavy atom. The molecule has 0 spiro atoms. The van der Waals surface area contributed by atoms with Crippen LogP contribution in [0.25, 0.3) is 0 Å². The van der Waals surface area contributed by atoms with E-state index in [0.717, 1.165) is 32.0 Å². The molecule has 1 aliphatic carbocycles. The summed E-state index contributed by atoms with van der Waals surface area (Å²) in [6.45, 7) is 12.3. The van der Waals surface area contributed by atoms with Crippen molar-refractivity contribution in [1.82, 2.24) is 10.3 Å². The molecule has 1 aromatic rings. The summed E-state index contributed by atoms with van der Waals surface area (Å²) in [6, 6.07) is 2.40. The summed E-state index contributed by atoms with van der Waals surface area (Å²) in [6.07, 6.45) is 4.98.